The van der Waals surface area contributed by atoms with Crippen LogP contribution in [0.1, 0.15) is 12.2 Å². The van der Waals surface area contributed by atoms with E-state index in [0.29, 0.717) is 18.4 Å². The van der Waals surface area contributed by atoms with Gasteiger partial charge in [0.15, 0.2) is 5.82 Å². The third-order valence-corrected chi connectivity index (χ3v) is 1.61. The van der Waals surface area contributed by atoms with Crippen molar-refractivity contribution in [3.8, 4) is 6.01 Å². The van der Waals surface area contributed by atoms with Crippen LogP contribution in [0.25, 0.3) is 0 Å². The number of ether oxygens (including phenoxy) is 1. The number of nitrogens with two attached hydrogens (primary N) is 1. The molecule has 5 heteroatoms. The van der Waals surface area contributed by atoms with E-state index < -0.39 is 0 Å². The molecular formula is C6H10N4O. The highest BCUT2D eigenvalue weighted by Crippen LogP contribution is 2.12. The van der Waals surface area contributed by atoms with Crippen LogP contribution in [0, 0.1) is 0 Å². The summed E-state index contributed by atoms with van der Waals surface area (Å²) in [7, 11) is 0. The summed E-state index contributed by atoms with van der Waals surface area (Å²) in [4.78, 5) is 4.07. The molecule has 0 amide bonds. The summed E-state index contributed by atoms with van der Waals surface area (Å²) in [5.41, 5.74) is 5.37. The maximum atomic E-state index is 5.37. The lowest BCUT2D eigenvalue weighted by molar-refractivity contribution is 0.221. The van der Waals surface area contributed by atoms with Crippen LogP contribution in [-0.2, 0) is 13.1 Å². The van der Waals surface area contributed by atoms with Crippen molar-refractivity contribution in [2.75, 3.05) is 6.61 Å². The molecule has 0 atom stereocenters. The summed E-state index contributed by atoms with van der Waals surface area (Å²) < 4.78 is 7.00. The van der Waals surface area contributed by atoms with Gasteiger partial charge in [-0.1, -0.05) is 0 Å². The van der Waals surface area contributed by atoms with Crippen molar-refractivity contribution < 1.29 is 4.74 Å². The predicted molar refractivity (Wildman–Crippen MR) is 38.0 cm³/mol. The number of rotatable bonds is 1. The highest BCUT2D eigenvalue weighted by Gasteiger charge is 2.13. The molecule has 0 unspecified atom stereocenters. The molecule has 0 aliphatic carbocycles. The van der Waals surface area contributed by atoms with E-state index in [1.54, 1.807) is 4.68 Å². The van der Waals surface area contributed by atoms with Crippen LogP contribution in [0.4, 0.5) is 0 Å². The first-order valence-corrected chi connectivity index (χ1v) is 3.67. The number of hydrogen-bond acceptors (Lipinski definition) is 4. The highest BCUT2D eigenvalue weighted by atomic mass is 16.5. The topological polar surface area (TPSA) is 66.0 Å². The molecule has 0 radical (unpaired) electrons. The molecule has 5 nitrogen and oxygen atoms in total. The summed E-state index contributed by atoms with van der Waals surface area (Å²) in [6.45, 7) is 2.01. The maximum Gasteiger partial charge on any atom is 0.315 e. The Morgan fingerprint density at radius 3 is 3.27 bits per heavy atom. The Hall–Kier alpha value is -1.10. The first kappa shape index (κ1) is 6.60. The second kappa shape index (κ2) is 2.50. The number of hydrogen-bond donors (Lipinski definition) is 1. The number of aryl methyl sites for hydroxylation is 1. The van der Waals surface area contributed by atoms with Crippen molar-refractivity contribution in [1.29, 1.82) is 0 Å². The molecule has 0 spiro atoms. The van der Waals surface area contributed by atoms with Gasteiger partial charge in [-0.15, -0.1) is 0 Å². The minimum absolute atomic E-state index is 0.378. The number of aromatic nitrogens is 3. The van der Waals surface area contributed by atoms with Crippen molar-refractivity contribution >= 4 is 0 Å². The van der Waals surface area contributed by atoms with Crippen LogP contribution in [0.5, 0.6) is 6.01 Å². The minimum Gasteiger partial charge on any atom is -0.464 e. The first-order valence-electron chi connectivity index (χ1n) is 3.67. The van der Waals surface area contributed by atoms with E-state index in [1.807, 2.05) is 0 Å². The van der Waals surface area contributed by atoms with E-state index in [1.165, 1.54) is 0 Å². The lowest BCUT2D eigenvalue weighted by atomic mass is 10.4. The molecule has 0 bridgehead atoms. The lowest BCUT2D eigenvalue weighted by Gasteiger charge is -2.11. The molecule has 11 heavy (non-hydrogen) atoms. The molecule has 0 fully saturated rings. The van der Waals surface area contributed by atoms with Crippen molar-refractivity contribution in [2.24, 2.45) is 5.73 Å². The fraction of sp³-hybridized carbons (Fsp3) is 0.667. The monoisotopic (exact) mass is 154 g/mol. The standard InChI is InChI=1S/C6H10N4O/c7-4-5-8-6-10(9-5)2-1-3-11-6/h1-4,7H2. The van der Waals surface area contributed by atoms with Gasteiger partial charge in [0.05, 0.1) is 13.2 Å². The summed E-state index contributed by atoms with van der Waals surface area (Å²) >= 11 is 0. The van der Waals surface area contributed by atoms with Crippen LogP contribution in [0.15, 0.2) is 0 Å². The SMILES string of the molecule is NCc1nc2n(n1)CCCO2. The van der Waals surface area contributed by atoms with Crippen molar-refractivity contribution in [3.05, 3.63) is 5.82 Å². The Bertz CT molecular complexity index is 234. The average Bonchev–Trinajstić information content (AvgIpc) is 2.46. The van der Waals surface area contributed by atoms with E-state index >= 15 is 0 Å². The Kier molecular flexibility index (Phi) is 1.50. The van der Waals surface area contributed by atoms with Gasteiger partial charge in [-0.3, -0.25) is 0 Å². The van der Waals surface area contributed by atoms with E-state index in [4.69, 9.17) is 10.5 Å². The van der Waals surface area contributed by atoms with Crippen LogP contribution >= 0.6 is 0 Å². The van der Waals surface area contributed by atoms with Gasteiger partial charge in [-0.05, 0) is 0 Å². The predicted octanol–water partition coefficient (Wildman–Crippen LogP) is -0.481. The minimum atomic E-state index is 0.378. The molecule has 1 aliphatic rings. The van der Waals surface area contributed by atoms with Crippen molar-refractivity contribution in [2.45, 2.75) is 19.5 Å². The summed E-state index contributed by atoms with van der Waals surface area (Å²) in [5.74, 6) is 0.655. The van der Waals surface area contributed by atoms with E-state index in [2.05, 4.69) is 10.1 Å². The highest BCUT2D eigenvalue weighted by molar-refractivity contribution is 4.99. The summed E-state index contributed by atoms with van der Waals surface area (Å²) in [6, 6.07) is 0.608. The van der Waals surface area contributed by atoms with E-state index in [0.717, 1.165) is 19.6 Å². The number of fused-ring (bicyclic) bond motifs is 1. The second-order valence-corrected chi connectivity index (χ2v) is 2.44. The first-order chi connectivity index (χ1) is 5.40. The molecule has 2 N–H and O–H groups in total. The molecule has 0 aromatic carbocycles. The van der Waals surface area contributed by atoms with E-state index in [9.17, 15) is 0 Å². The largest absolute Gasteiger partial charge is 0.464 e. The molecule has 2 heterocycles. The third-order valence-electron chi connectivity index (χ3n) is 1.61. The van der Waals surface area contributed by atoms with E-state index in [-0.39, 0.29) is 0 Å². The quantitative estimate of drug-likeness (QED) is 0.593. The fourth-order valence-corrected chi connectivity index (χ4v) is 1.09. The zero-order chi connectivity index (χ0) is 7.68. The Balaban J connectivity index is 2.32. The Labute approximate surface area is 64.2 Å². The zero-order valence-electron chi connectivity index (χ0n) is 6.16. The summed E-state index contributed by atoms with van der Waals surface area (Å²) in [6.07, 6.45) is 1.00. The van der Waals surface area contributed by atoms with Gasteiger partial charge in [0, 0.05) is 13.0 Å². The number of nitrogens with zero attached hydrogens (tertiary/aromatic N) is 3. The third kappa shape index (κ3) is 1.07. The zero-order valence-corrected chi connectivity index (χ0v) is 6.16. The molecule has 2 rings (SSSR count). The fourth-order valence-electron chi connectivity index (χ4n) is 1.09. The molecule has 60 valence electrons. The molecular weight excluding hydrogens is 144 g/mol. The maximum absolute atomic E-state index is 5.37. The smallest absolute Gasteiger partial charge is 0.315 e. The van der Waals surface area contributed by atoms with Crippen LogP contribution in [-0.4, -0.2) is 21.4 Å². The van der Waals surface area contributed by atoms with Crippen LogP contribution in [0.2, 0.25) is 0 Å². The van der Waals surface area contributed by atoms with Gasteiger partial charge < -0.3 is 10.5 Å². The summed E-state index contributed by atoms with van der Waals surface area (Å²) in [5, 5.41) is 4.12. The average molecular weight is 154 g/mol. The van der Waals surface area contributed by atoms with Gasteiger partial charge in [-0.2, -0.15) is 10.1 Å². The van der Waals surface area contributed by atoms with Crippen LogP contribution in [0.3, 0.4) is 0 Å². The van der Waals surface area contributed by atoms with Gasteiger partial charge in [0.25, 0.3) is 0 Å². The van der Waals surface area contributed by atoms with Gasteiger partial charge in [-0.25, -0.2) is 4.68 Å². The Morgan fingerprint density at radius 2 is 2.55 bits per heavy atom. The second-order valence-electron chi connectivity index (χ2n) is 2.44. The van der Waals surface area contributed by atoms with Crippen LogP contribution < -0.4 is 10.5 Å². The molecule has 0 saturated carbocycles. The van der Waals surface area contributed by atoms with Crippen molar-refractivity contribution in [1.82, 2.24) is 14.8 Å². The Morgan fingerprint density at radius 1 is 1.64 bits per heavy atom. The molecule has 1 aromatic heterocycles. The molecule has 1 aliphatic heterocycles. The molecule has 0 saturated heterocycles. The van der Waals surface area contributed by atoms with Gasteiger partial charge in [0.1, 0.15) is 0 Å². The normalized spacial score (nSPS) is 15.7. The van der Waals surface area contributed by atoms with Gasteiger partial charge in [0.2, 0.25) is 0 Å². The molecule has 1 aromatic rings. The lowest BCUT2D eigenvalue weighted by Crippen LogP contribution is -2.15. The van der Waals surface area contributed by atoms with Crippen molar-refractivity contribution in [3.63, 3.8) is 0 Å². The van der Waals surface area contributed by atoms with Gasteiger partial charge >= 0.3 is 6.01 Å².